The van der Waals surface area contributed by atoms with E-state index in [4.69, 9.17) is 0 Å². The first-order valence-corrected chi connectivity index (χ1v) is 7.80. The Morgan fingerprint density at radius 1 is 1.36 bits per heavy atom. The van der Waals surface area contributed by atoms with Gasteiger partial charge in [-0.3, -0.25) is 4.79 Å². The zero-order valence-corrected chi connectivity index (χ0v) is 12.6. The van der Waals surface area contributed by atoms with Crippen molar-refractivity contribution in [3.8, 4) is 5.75 Å². The van der Waals surface area contributed by atoms with Gasteiger partial charge in [0.05, 0.1) is 5.75 Å². The summed E-state index contributed by atoms with van der Waals surface area (Å²) in [4.78, 5) is 11.7. The maximum Gasteiger partial charge on any atom is 0.573 e. The monoisotopic (exact) mass is 349 g/mol. The molecule has 2 rings (SSSR count). The van der Waals surface area contributed by atoms with Crippen molar-refractivity contribution in [2.24, 2.45) is 0 Å². The first-order chi connectivity index (χ1) is 10.4. The van der Waals surface area contributed by atoms with E-state index in [1.807, 2.05) is 0 Å². The van der Waals surface area contributed by atoms with Crippen LogP contribution in [0.4, 0.5) is 13.2 Å². The third kappa shape index (κ3) is 5.53. The average molecular weight is 349 g/mol. The van der Waals surface area contributed by atoms with Crippen molar-refractivity contribution in [1.82, 2.24) is 15.5 Å². The molecule has 0 saturated heterocycles. The van der Waals surface area contributed by atoms with Crippen LogP contribution in [0.5, 0.6) is 5.75 Å². The van der Waals surface area contributed by atoms with Gasteiger partial charge in [0.15, 0.2) is 4.34 Å². The summed E-state index contributed by atoms with van der Waals surface area (Å²) in [6.45, 7) is -0.0538. The predicted molar refractivity (Wildman–Crippen MR) is 75.6 cm³/mol. The van der Waals surface area contributed by atoms with Crippen LogP contribution in [0, 0.1) is 0 Å². The van der Waals surface area contributed by atoms with Gasteiger partial charge in [-0.25, -0.2) is 0 Å². The van der Waals surface area contributed by atoms with Crippen LogP contribution < -0.4 is 10.1 Å². The van der Waals surface area contributed by atoms with Gasteiger partial charge in [-0.2, -0.15) is 0 Å². The third-order valence-electron chi connectivity index (χ3n) is 2.34. The van der Waals surface area contributed by atoms with Crippen LogP contribution in [0.1, 0.15) is 5.56 Å². The van der Waals surface area contributed by atoms with Gasteiger partial charge in [0.2, 0.25) is 5.91 Å². The molecule has 2 aromatic rings. The maximum absolute atomic E-state index is 12.3. The summed E-state index contributed by atoms with van der Waals surface area (Å²) >= 11 is 2.51. The smallest absolute Gasteiger partial charge is 0.405 e. The molecular weight excluding hydrogens is 339 g/mol. The zero-order valence-electron chi connectivity index (χ0n) is 11.0. The molecule has 0 unspecified atom stereocenters. The summed E-state index contributed by atoms with van der Waals surface area (Å²) < 4.78 is 41.4. The number of benzene rings is 1. The van der Waals surface area contributed by atoms with Crippen LogP contribution in [-0.2, 0) is 11.3 Å². The van der Waals surface area contributed by atoms with Crippen LogP contribution in [-0.4, -0.2) is 28.2 Å². The molecule has 0 aliphatic rings. The van der Waals surface area contributed by atoms with E-state index in [1.54, 1.807) is 11.6 Å². The van der Waals surface area contributed by atoms with Gasteiger partial charge in [0.25, 0.3) is 0 Å². The Bertz CT molecular complexity index is 620. The number of hydrogen-bond acceptors (Lipinski definition) is 6. The quantitative estimate of drug-likeness (QED) is 0.813. The molecular formula is C12H10F3N3O2S2. The molecule has 1 aromatic carbocycles. The third-order valence-corrected chi connectivity index (χ3v) is 4.20. The fourth-order valence-electron chi connectivity index (χ4n) is 1.47. The van der Waals surface area contributed by atoms with Gasteiger partial charge in [-0.1, -0.05) is 41.3 Å². The maximum atomic E-state index is 12.3. The summed E-state index contributed by atoms with van der Waals surface area (Å²) in [5.41, 5.74) is 1.79. The highest BCUT2D eigenvalue weighted by atomic mass is 32.2. The Balaban J connectivity index is 1.87. The van der Waals surface area contributed by atoms with Crippen LogP contribution >= 0.6 is 23.1 Å². The summed E-state index contributed by atoms with van der Waals surface area (Å²) in [5, 5.41) is 9.94. The topological polar surface area (TPSA) is 64.1 Å². The van der Waals surface area contributed by atoms with Gasteiger partial charge in [-0.05, 0) is 6.07 Å². The first-order valence-electron chi connectivity index (χ1n) is 5.93. The number of rotatable bonds is 6. The molecule has 22 heavy (non-hydrogen) atoms. The van der Waals surface area contributed by atoms with Gasteiger partial charge in [0, 0.05) is 12.1 Å². The molecule has 5 nitrogen and oxygen atoms in total. The van der Waals surface area contributed by atoms with Crippen molar-refractivity contribution in [3.63, 3.8) is 0 Å². The summed E-state index contributed by atoms with van der Waals surface area (Å²) in [6, 6.07) is 5.66. The minimum absolute atomic E-state index is 0.0538. The number of nitrogens with zero attached hydrogens (tertiary/aromatic N) is 2. The van der Waals surface area contributed by atoms with Gasteiger partial charge in [0.1, 0.15) is 11.3 Å². The Morgan fingerprint density at radius 2 is 2.14 bits per heavy atom. The molecule has 0 radical (unpaired) electrons. The lowest BCUT2D eigenvalue weighted by molar-refractivity contribution is -0.274. The van der Waals surface area contributed by atoms with Crippen molar-refractivity contribution in [1.29, 1.82) is 0 Å². The Hall–Kier alpha value is -1.81. The highest BCUT2D eigenvalue weighted by Crippen LogP contribution is 2.26. The van der Waals surface area contributed by atoms with E-state index in [0.717, 1.165) is 0 Å². The number of halogens is 3. The molecule has 0 bridgehead atoms. The Kier molecular flexibility index (Phi) is 5.61. The molecule has 1 N–H and O–H groups in total. The number of aromatic nitrogens is 2. The van der Waals surface area contributed by atoms with E-state index < -0.39 is 6.36 Å². The number of para-hydroxylation sites is 1. The Morgan fingerprint density at radius 3 is 2.82 bits per heavy atom. The van der Waals surface area contributed by atoms with E-state index in [1.165, 1.54) is 41.3 Å². The fraction of sp³-hybridized carbons (Fsp3) is 0.250. The van der Waals surface area contributed by atoms with Crippen LogP contribution in [0.25, 0.3) is 0 Å². The van der Waals surface area contributed by atoms with Crippen molar-refractivity contribution >= 4 is 29.0 Å². The predicted octanol–water partition coefficient (Wildman–Crippen LogP) is 2.85. The van der Waals surface area contributed by atoms with Crippen molar-refractivity contribution in [3.05, 3.63) is 35.3 Å². The highest BCUT2D eigenvalue weighted by molar-refractivity contribution is 8.01. The molecule has 1 amide bonds. The van der Waals surface area contributed by atoms with E-state index in [-0.39, 0.29) is 29.5 Å². The molecule has 0 atom stereocenters. The summed E-state index contributed by atoms with van der Waals surface area (Å²) in [6.07, 6.45) is -4.77. The van der Waals surface area contributed by atoms with Crippen molar-refractivity contribution < 1.29 is 22.7 Å². The zero-order chi connectivity index (χ0) is 16.0. The molecule has 0 saturated carbocycles. The molecule has 0 aliphatic heterocycles. The van der Waals surface area contributed by atoms with Gasteiger partial charge >= 0.3 is 6.36 Å². The molecule has 118 valence electrons. The number of hydrogen-bond donors (Lipinski definition) is 1. The SMILES string of the molecule is O=C(CSc1nncs1)NCc1ccccc1OC(F)(F)F. The van der Waals surface area contributed by atoms with E-state index in [2.05, 4.69) is 20.3 Å². The van der Waals surface area contributed by atoms with Crippen LogP contribution in [0.15, 0.2) is 34.1 Å². The molecule has 10 heteroatoms. The lowest BCUT2D eigenvalue weighted by Crippen LogP contribution is -2.25. The number of amides is 1. The second-order valence-electron chi connectivity index (χ2n) is 3.93. The summed E-state index contributed by atoms with van der Waals surface area (Å²) in [5.74, 6) is -0.536. The lowest BCUT2D eigenvalue weighted by Gasteiger charge is -2.13. The van der Waals surface area contributed by atoms with Crippen LogP contribution in [0.2, 0.25) is 0 Å². The van der Waals surface area contributed by atoms with E-state index in [0.29, 0.717) is 4.34 Å². The Labute approximate surface area is 131 Å². The minimum Gasteiger partial charge on any atom is -0.405 e. The largest absolute Gasteiger partial charge is 0.573 e. The first kappa shape index (κ1) is 16.6. The second kappa shape index (κ2) is 7.45. The molecule has 0 fully saturated rings. The molecule has 1 heterocycles. The number of thioether (sulfide) groups is 1. The van der Waals surface area contributed by atoms with Crippen LogP contribution in [0.3, 0.4) is 0 Å². The second-order valence-corrected chi connectivity index (χ2v) is 5.98. The van der Waals surface area contributed by atoms with Gasteiger partial charge < -0.3 is 10.1 Å². The molecule has 0 spiro atoms. The summed E-state index contributed by atoms with van der Waals surface area (Å²) in [7, 11) is 0. The fourth-order valence-corrected chi connectivity index (χ4v) is 2.79. The highest BCUT2D eigenvalue weighted by Gasteiger charge is 2.31. The number of carbonyl (C=O) groups excluding carboxylic acids is 1. The van der Waals surface area contributed by atoms with Crippen molar-refractivity contribution in [2.75, 3.05) is 5.75 Å². The number of alkyl halides is 3. The van der Waals surface area contributed by atoms with Crippen molar-refractivity contribution in [2.45, 2.75) is 17.2 Å². The van der Waals surface area contributed by atoms with Gasteiger partial charge in [-0.15, -0.1) is 23.4 Å². The standard InChI is InChI=1S/C12H10F3N3O2S2/c13-12(14,15)20-9-4-2-1-3-8(9)5-16-10(19)6-21-11-18-17-7-22-11/h1-4,7H,5-6H2,(H,16,19). The molecule has 1 aromatic heterocycles. The number of carbonyl (C=O) groups is 1. The van der Waals surface area contributed by atoms with E-state index in [9.17, 15) is 18.0 Å². The number of nitrogens with one attached hydrogen (secondary N) is 1. The normalized spacial score (nSPS) is 11.2. The van der Waals surface area contributed by atoms with E-state index >= 15 is 0 Å². The minimum atomic E-state index is -4.77. The number of ether oxygens (including phenoxy) is 1. The average Bonchev–Trinajstić information content (AvgIpc) is 2.96. The molecule has 0 aliphatic carbocycles. The lowest BCUT2D eigenvalue weighted by atomic mass is 10.2.